The van der Waals surface area contributed by atoms with Crippen LogP contribution in [0.25, 0.3) is 6.08 Å². The second kappa shape index (κ2) is 8.94. The number of aliphatic hydroxyl groups is 1. The van der Waals surface area contributed by atoms with E-state index in [0.717, 1.165) is 11.6 Å². The molecule has 1 aromatic heterocycles. The minimum Gasteiger partial charge on any atom is -0.370 e. The van der Waals surface area contributed by atoms with E-state index in [-0.39, 0.29) is 23.0 Å². The van der Waals surface area contributed by atoms with E-state index in [1.165, 1.54) is 18.5 Å². The fourth-order valence-electron chi connectivity index (χ4n) is 4.42. The molecule has 33 heavy (non-hydrogen) atoms. The number of nitrogens with zero attached hydrogens (tertiary/aromatic N) is 3. The van der Waals surface area contributed by atoms with Gasteiger partial charge in [-0.25, -0.2) is 27.3 Å². The Labute approximate surface area is 190 Å². The van der Waals surface area contributed by atoms with Gasteiger partial charge in [-0.05, 0) is 37.3 Å². The molecular weight excluding hydrogens is 455 g/mol. The van der Waals surface area contributed by atoms with E-state index in [9.17, 15) is 22.5 Å². The third-order valence-electron chi connectivity index (χ3n) is 6.35. The summed E-state index contributed by atoms with van der Waals surface area (Å²) in [5.74, 6) is 0.418. The number of anilines is 2. The predicted molar refractivity (Wildman–Crippen MR) is 121 cm³/mol. The van der Waals surface area contributed by atoms with Crippen LogP contribution in [0.4, 0.5) is 24.8 Å². The van der Waals surface area contributed by atoms with Gasteiger partial charge in [0.1, 0.15) is 23.8 Å². The number of nitrogens with one attached hydrogen (secondary N) is 2. The predicted octanol–water partition coefficient (Wildman–Crippen LogP) is 4.33. The summed E-state index contributed by atoms with van der Waals surface area (Å²) in [6.45, 7) is 1.65. The Morgan fingerprint density at radius 2 is 1.91 bits per heavy atom. The second-order valence-corrected chi connectivity index (χ2v) is 10.9. The summed E-state index contributed by atoms with van der Waals surface area (Å²) in [6.07, 6.45) is 0.335. The first-order valence-corrected chi connectivity index (χ1v) is 12.5. The molecule has 11 heteroatoms. The first kappa shape index (κ1) is 23.5. The molecule has 2 aliphatic heterocycles. The summed E-state index contributed by atoms with van der Waals surface area (Å²) in [7, 11) is -0.869. The van der Waals surface area contributed by atoms with Gasteiger partial charge in [0.05, 0.1) is 17.2 Å². The average Bonchev–Trinajstić information content (AvgIpc) is 2.76. The lowest BCUT2D eigenvalue weighted by molar-refractivity contribution is 0.146. The standard InChI is InChI=1S/C22H26F3N5O2S/c1-12(14-4-3-5-15(18(14)23)19(24)25)29-20-17-10-16(13-6-8-33(26,32)9-7-13)22(31)30(2)21(17)28-11-27-20/h3-5,10-13,19,22,26,31H,6-9H2,1-2H3,(H,27,28,29)/t12-,13?,22?,33?/m1/s1. The quantitative estimate of drug-likeness (QED) is 0.587. The highest BCUT2D eigenvalue weighted by molar-refractivity contribution is 7.92. The normalized spacial score (nSPS) is 26.0. The van der Waals surface area contributed by atoms with Crippen LogP contribution in [0.2, 0.25) is 0 Å². The zero-order valence-electron chi connectivity index (χ0n) is 18.3. The summed E-state index contributed by atoms with van der Waals surface area (Å²) in [4.78, 5) is 10.2. The van der Waals surface area contributed by atoms with Gasteiger partial charge in [0.25, 0.3) is 6.43 Å². The number of hydrogen-bond donors (Lipinski definition) is 3. The van der Waals surface area contributed by atoms with Crippen molar-refractivity contribution in [1.82, 2.24) is 9.97 Å². The Bertz CT molecular complexity index is 1170. The van der Waals surface area contributed by atoms with Gasteiger partial charge in [0, 0.05) is 33.8 Å². The topological polar surface area (TPSA) is 102 Å². The summed E-state index contributed by atoms with van der Waals surface area (Å²) in [6, 6.07) is 3.24. The van der Waals surface area contributed by atoms with E-state index in [4.69, 9.17) is 4.78 Å². The van der Waals surface area contributed by atoms with Gasteiger partial charge in [-0.2, -0.15) is 0 Å². The van der Waals surface area contributed by atoms with Crippen LogP contribution in [-0.2, 0) is 9.73 Å². The van der Waals surface area contributed by atoms with Crippen LogP contribution in [0.15, 0.2) is 30.1 Å². The van der Waals surface area contributed by atoms with Crippen LogP contribution in [0, 0.1) is 16.5 Å². The van der Waals surface area contributed by atoms with Gasteiger partial charge in [-0.3, -0.25) is 4.78 Å². The summed E-state index contributed by atoms with van der Waals surface area (Å²) < 4.78 is 60.8. The third kappa shape index (κ3) is 4.56. The van der Waals surface area contributed by atoms with Crippen molar-refractivity contribution in [1.29, 1.82) is 4.78 Å². The Hall–Kier alpha value is -2.66. The summed E-state index contributed by atoms with van der Waals surface area (Å²) in [5, 5.41) is 14.0. The molecule has 3 N–H and O–H groups in total. The number of aliphatic hydroxyl groups excluding tert-OH is 1. The molecule has 1 saturated heterocycles. The molecule has 2 atom stereocenters. The highest BCUT2D eigenvalue weighted by Crippen LogP contribution is 2.39. The third-order valence-corrected chi connectivity index (χ3v) is 8.14. The van der Waals surface area contributed by atoms with Crippen LogP contribution >= 0.6 is 0 Å². The van der Waals surface area contributed by atoms with E-state index >= 15 is 0 Å². The first-order chi connectivity index (χ1) is 15.6. The molecule has 0 aliphatic carbocycles. The van der Waals surface area contributed by atoms with Crippen molar-refractivity contribution in [2.45, 2.75) is 38.5 Å². The second-order valence-electron chi connectivity index (χ2n) is 8.50. The Morgan fingerprint density at radius 3 is 2.58 bits per heavy atom. The molecule has 0 spiro atoms. The number of aromatic nitrogens is 2. The molecule has 1 aromatic carbocycles. The van der Waals surface area contributed by atoms with Crippen molar-refractivity contribution >= 4 is 27.4 Å². The average molecular weight is 482 g/mol. The minimum atomic E-state index is -2.92. The molecule has 7 nitrogen and oxygen atoms in total. The Balaban J connectivity index is 1.67. The molecule has 4 rings (SSSR count). The Kier molecular flexibility index (Phi) is 6.37. The van der Waals surface area contributed by atoms with Crippen molar-refractivity contribution in [3.8, 4) is 0 Å². The number of benzene rings is 1. The van der Waals surface area contributed by atoms with Gasteiger partial charge >= 0.3 is 0 Å². The van der Waals surface area contributed by atoms with E-state index in [0.29, 0.717) is 30.0 Å². The zero-order chi connectivity index (χ0) is 23.9. The van der Waals surface area contributed by atoms with Crippen molar-refractivity contribution in [2.75, 3.05) is 28.8 Å². The molecular formula is C22H26F3N5O2S. The van der Waals surface area contributed by atoms with E-state index in [1.807, 2.05) is 0 Å². The van der Waals surface area contributed by atoms with Crippen molar-refractivity contribution in [3.63, 3.8) is 0 Å². The number of fused-ring (bicyclic) bond motifs is 1. The molecule has 0 radical (unpaired) electrons. The first-order valence-electron chi connectivity index (χ1n) is 10.6. The molecule has 1 unspecified atom stereocenters. The molecule has 3 heterocycles. The SMILES string of the molecule is C[C@@H](Nc1ncnc2c1C=C(C1CCS(=N)(=O)CC1)C(O)N2C)c1cccc(C(F)F)c1F. The highest BCUT2D eigenvalue weighted by Gasteiger charge is 2.34. The summed E-state index contributed by atoms with van der Waals surface area (Å²) >= 11 is 0. The van der Waals surface area contributed by atoms with Crippen LogP contribution in [-0.4, -0.2) is 44.1 Å². The maximum Gasteiger partial charge on any atom is 0.266 e. The smallest absolute Gasteiger partial charge is 0.266 e. The molecule has 0 amide bonds. The van der Waals surface area contributed by atoms with Gasteiger partial charge in [-0.15, -0.1) is 0 Å². The number of alkyl halides is 2. The lowest BCUT2D eigenvalue weighted by atomic mass is 9.88. The van der Waals surface area contributed by atoms with Crippen LogP contribution < -0.4 is 10.2 Å². The number of hydrogen-bond acceptors (Lipinski definition) is 7. The number of halogens is 3. The zero-order valence-corrected chi connectivity index (χ0v) is 19.1. The van der Waals surface area contributed by atoms with Crippen molar-refractivity contribution in [2.24, 2.45) is 5.92 Å². The van der Waals surface area contributed by atoms with Crippen LogP contribution in [0.1, 0.15) is 48.9 Å². The maximum absolute atomic E-state index is 14.7. The maximum atomic E-state index is 14.7. The fraction of sp³-hybridized carbons (Fsp3) is 0.455. The van der Waals surface area contributed by atoms with Crippen molar-refractivity contribution < 1.29 is 22.5 Å². The van der Waals surface area contributed by atoms with E-state index in [1.54, 1.807) is 24.9 Å². The highest BCUT2D eigenvalue weighted by atomic mass is 32.2. The van der Waals surface area contributed by atoms with Gasteiger partial charge in [0.15, 0.2) is 6.23 Å². The molecule has 0 saturated carbocycles. The lowest BCUT2D eigenvalue weighted by Crippen LogP contribution is -2.40. The van der Waals surface area contributed by atoms with Crippen molar-refractivity contribution in [3.05, 3.63) is 52.6 Å². The monoisotopic (exact) mass is 481 g/mol. The molecule has 2 aromatic rings. The van der Waals surface area contributed by atoms with Crippen LogP contribution in [0.5, 0.6) is 0 Å². The van der Waals surface area contributed by atoms with Gasteiger partial charge < -0.3 is 15.3 Å². The molecule has 178 valence electrons. The lowest BCUT2D eigenvalue weighted by Gasteiger charge is -2.37. The Morgan fingerprint density at radius 1 is 1.24 bits per heavy atom. The van der Waals surface area contributed by atoms with E-state index in [2.05, 4.69) is 15.3 Å². The largest absolute Gasteiger partial charge is 0.370 e. The number of likely N-dealkylation sites (N-methyl/N-ethyl adjacent to an activating group) is 1. The van der Waals surface area contributed by atoms with Crippen LogP contribution in [0.3, 0.4) is 0 Å². The molecule has 0 bridgehead atoms. The van der Waals surface area contributed by atoms with Gasteiger partial charge in [-0.1, -0.05) is 18.2 Å². The van der Waals surface area contributed by atoms with Gasteiger partial charge in [0.2, 0.25) is 0 Å². The number of rotatable bonds is 5. The molecule has 1 fully saturated rings. The fourth-order valence-corrected chi connectivity index (χ4v) is 5.96. The molecule has 2 aliphatic rings. The minimum absolute atomic E-state index is 0.0406. The summed E-state index contributed by atoms with van der Waals surface area (Å²) in [5.41, 5.74) is 0.747. The van der Waals surface area contributed by atoms with E-state index < -0.39 is 39.8 Å².